The van der Waals surface area contributed by atoms with Crippen molar-refractivity contribution in [3.05, 3.63) is 34.5 Å². The second kappa shape index (κ2) is 8.22. The number of nitrogens with one attached hydrogen (secondary N) is 1. The van der Waals surface area contributed by atoms with E-state index in [1.807, 2.05) is 6.92 Å². The Morgan fingerprint density at radius 2 is 1.86 bits per heavy atom. The molecule has 1 aromatic carbocycles. The summed E-state index contributed by atoms with van der Waals surface area (Å²) in [6.07, 6.45) is 3.11. The quantitative estimate of drug-likeness (QED) is 0.292. The first kappa shape index (κ1) is 19.6. The summed E-state index contributed by atoms with van der Waals surface area (Å²) >= 11 is 1.62. The number of carbonyl (C=O) groups is 1. The lowest BCUT2D eigenvalue weighted by atomic mass is 10.2. The number of hydrogen-bond donors (Lipinski definition) is 1. The number of aryl methyl sites for hydroxylation is 2. The van der Waals surface area contributed by atoms with E-state index in [9.17, 15) is 4.79 Å². The van der Waals surface area contributed by atoms with Gasteiger partial charge in [-0.3, -0.25) is 10.2 Å². The SMILES string of the molecule is COc1cc(C=NNc2ncnc3sc(C)c(C)c23)cc(OC)c1OC(C)=O. The minimum absolute atomic E-state index is 0.226. The number of thiophene rings is 1. The first-order valence-electron chi connectivity index (χ1n) is 8.38. The summed E-state index contributed by atoms with van der Waals surface area (Å²) in [5.41, 5.74) is 4.80. The van der Waals surface area contributed by atoms with Crippen molar-refractivity contribution >= 4 is 39.6 Å². The molecule has 3 rings (SSSR count). The number of esters is 1. The molecule has 1 N–H and O–H groups in total. The van der Waals surface area contributed by atoms with E-state index in [2.05, 4.69) is 27.4 Å². The number of ether oxygens (including phenoxy) is 3. The van der Waals surface area contributed by atoms with Gasteiger partial charge in [-0.15, -0.1) is 11.3 Å². The van der Waals surface area contributed by atoms with Gasteiger partial charge in [0.1, 0.15) is 11.2 Å². The molecule has 0 radical (unpaired) electrons. The van der Waals surface area contributed by atoms with Crippen LogP contribution >= 0.6 is 11.3 Å². The second-order valence-electron chi connectivity index (χ2n) is 5.90. The molecule has 8 nitrogen and oxygen atoms in total. The minimum atomic E-state index is -0.464. The average molecular weight is 400 g/mol. The van der Waals surface area contributed by atoms with Crippen LogP contribution in [-0.4, -0.2) is 36.4 Å². The molecule has 9 heteroatoms. The highest BCUT2D eigenvalue weighted by Crippen LogP contribution is 2.38. The van der Waals surface area contributed by atoms with E-state index in [0.29, 0.717) is 22.9 Å². The van der Waals surface area contributed by atoms with Crippen molar-refractivity contribution in [2.24, 2.45) is 5.10 Å². The number of hydrazone groups is 1. The molecule has 3 aromatic rings. The average Bonchev–Trinajstić information content (AvgIpc) is 2.96. The van der Waals surface area contributed by atoms with Gasteiger partial charge in [-0.05, 0) is 31.5 Å². The van der Waals surface area contributed by atoms with Crippen molar-refractivity contribution in [3.63, 3.8) is 0 Å². The summed E-state index contributed by atoms with van der Waals surface area (Å²) in [4.78, 5) is 22.0. The van der Waals surface area contributed by atoms with E-state index in [-0.39, 0.29) is 5.75 Å². The Hall–Kier alpha value is -3.20. The van der Waals surface area contributed by atoms with E-state index in [4.69, 9.17) is 14.2 Å². The molecule has 28 heavy (non-hydrogen) atoms. The Morgan fingerprint density at radius 3 is 2.46 bits per heavy atom. The van der Waals surface area contributed by atoms with Gasteiger partial charge in [0.05, 0.1) is 25.8 Å². The highest BCUT2D eigenvalue weighted by Gasteiger charge is 2.16. The van der Waals surface area contributed by atoms with E-state index in [1.54, 1.807) is 29.7 Å². The number of fused-ring (bicyclic) bond motifs is 1. The maximum atomic E-state index is 11.3. The van der Waals surface area contributed by atoms with Crippen molar-refractivity contribution in [1.82, 2.24) is 9.97 Å². The van der Waals surface area contributed by atoms with Crippen molar-refractivity contribution in [1.29, 1.82) is 0 Å². The Morgan fingerprint density at radius 1 is 1.18 bits per heavy atom. The minimum Gasteiger partial charge on any atom is -0.493 e. The molecule has 0 aliphatic heterocycles. The van der Waals surface area contributed by atoms with Gasteiger partial charge in [-0.2, -0.15) is 5.10 Å². The fourth-order valence-electron chi connectivity index (χ4n) is 2.65. The lowest BCUT2D eigenvalue weighted by Crippen LogP contribution is -2.05. The number of hydrogen-bond acceptors (Lipinski definition) is 9. The molecule has 0 aliphatic carbocycles. The van der Waals surface area contributed by atoms with E-state index >= 15 is 0 Å². The van der Waals surface area contributed by atoms with Crippen LogP contribution in [0.25, 0.3) is 10.2 Å². The van der Waals surface area contributed by atoms with Crippen molar-refractivity contribution in [2.75, 3.05) is 19.6 Å². The molecule has 0 atom stereocenters. The maximum Gasteiger partial charge on any atom is 0.308 e. The van der Waals surface area contributed by atoms with Gasteiger partial charge in [0.25, 0.3) is 0 Å². The van der Waals surface area contributed by atoms with Crippen molar-refractivity contribution < 1.29 is 19.0 Å². The van der Waals surface area contributed by atoms with Gasteiger partial charge in [-0.1, -0.05) is 0 Å². The number of anilines is 1. The van der Waals surface area contributed by atoms with Crippen molar-refractivity contribution in [2.45, 2.75) is 20.8 Å². The smallest absolute Gasteiger partial charge is 0.308 e. The molecule has 0 saturated carbocycles. The summed E-state index contributed by atoms with van der Waals surface area (Å²) < 4.78 is 15.8. The fourth-order valence-corrected chi connectivity index (χ4v) is 3.65. The molecular formula is C19H20N4O4S. The van der Waals surface area contributed by atoms with Gasteiger partial charge >= 0.3 is 5.97 Å². The second-order valence-corrected chi connectivity index (χ2v) is 7.11. The highest BCUT2D eigenvalue weighted by atomic mass is 32.1. The lowest BCUT2D eigenvalue weighted by molar-refractivity contribution is -0.132. The third kappa shape index (κ3) is 3.89. The van der Waals surface area contributed by atoms with Crippen LogP contribution < -0.4 is 19.6 Å². The van der Waals surface area contributed by atoms with Gasteiger partial charge in [0, 0.05) is 17.4 Å². The molecule has 2 heterocycles. The Kier molecular flexibility index (Phi) is 5.74. The number of rotatable bonds is 6. The molecule has 0 bridgehead atoms. The third-order valence-corrected chi connectivity index (χ3v) is 5.19. The molecule has 146 valence electrons. The number of benzene rings is 1. The van der Waals surface area contributed by atoms with Crippen LogP contribution in [-0.2, 0) is 4.79 Å². The van der Waals surface area contributed by atoms with E-state index in [0.717, 1.165) is 15.8 Å². The molecule has 0 aliphatic rings. The monoisotopic (exact) mass is 400 g/mol. The molecule has 0 amide bonds. The van der Waals surface area contributed by atoms with Gasteiger partial charge in [0.15, 0.2) is 17.3 Å². The highest BCUT2D eigenvalue weighted by molar-refractivity contribution is 7.18. The summed E-state index contributed by atoms with van der Waals surface area (Å²) in [6.45, 7) is 5.41. The first-order chi connectivity index (χ1) is 13.4. The third-order valence-electron chi connectivity index (χ3n) is 4.08. The predicted octanol–water partition coefficient (Wildman–Crippen LogP) is 3.70. The van der Waals surface area contributed by atoms with E-state index < -0.39 is 5.97 Å². The van der Waals surface area contributed by atoms with Gasteiger partial charge < -0.3 is 14.2 Å². The zero-order valence-corrected chi connectivity index (χ0v) is 17.0. The summed E-state index contributed by atoms with van der Waals surface area (Å²) in [5.74, 6) is 1.13. The number of nitrogens with zero attached hydrogens (tertiary/aromatic N) is 3. The van der Waals surface area contributed by atoms with Crippen LogP contribution in [0.3, 0.4) is 0 Å². The zero-order chi connectivity index (χ0) is 20.3. The fraction of sp³-hybridized carbons (Fsp3) is 0.263. The largest absolute Gasteiger partial charge is 0.493 e. The van der Waals surface area contributed by atoms with Crippen LogP contribution in [0.5, 0.6) is 17.2 Å². The van der Waals surface area contributed by atoms with Crippen molar-refractivity contribution in [3.8, 4) is 17.2 Å². The van der Waals surface area contributed by atoms with Crippen LogP contribution in [0.15, 0.2) is 23.6 Å². The van der Waals surface area contributed by atoms with Crippen LogP contribution in [0.1, 0.15) is 22.9 Å². The Labute approximate surface area is 166 Å². The Bertz CT molecular complexity index is 1040. The normalized spacial score (nSPS) is 11.0. The zero-order valence-electron chi connectivity index (χ0n) is 16.2. The molecule has 0 saturated heterocycles. The maximum absolute atomic E-state index is 11.3. The number of carbonyl (C=O) groups excluding carboxylic acids is 1. The van der Waals surface area contributed by atoms with Crippen LogP contribution in [0, 0.1) is 13.8 Å². The Balaban J connectivity index is 1.90. The predicted molar refractivity (Wildman–Crippen MR) is 109 cm³/mol. The lowest BCUT2D eigenvalue weighted by Gasteiger charge is -2.13. The molecule has 0 fully saturated rings. The van der Waals surface area contributed by atoms with E-state index in [1.165, 1.54) is 32.3 Å². The first-order valence-corrected chi connectivity index (χ1v) is 9.20. The summed E-state index contributed by atoms with van der Waals surface area (Å²) in [6, 6.07) is 3.39. The number of aromatic nitrogens is 2. The van der Waals surface area contributed by atoms with Crippen LogP contribution in [0.4, 0.5) is 5.82 Å². The van der Waals surface area contributed by atoms with Crippen LogP contribution in [0.2, 0.25) is 0 Å². The number of methoxy groups -OCH3 is 2. The summed E-state index contributed by atoms with van der Waals surface area (Å²) in [7, 11) is 2.97. The van der Waals surface area contributed by atoms with Gasteiger partial charge in [0.2, 0.25) is 5.75 Å². The standard InChI is InChI=1S/C19H20N4O4S/c1-10-11(2)28-19-16(10)18(20-9-21-19)23-22-8-13-6-14(25-4)17(27-12(3)24)15(7-13)26-5/h6-9H,1-5H3,(H,20,21,23). The molecule has 0 unspecified atom stereocenters. The molecular weight excluding hydrogens is 380 g/mol. The molecule has 0 spiro atoms. The molecule has 2 aromatic heterocycles. The van der Waals surface area contributed by atoms with Gasteiger partial charge in [-0.25, -0.2) is 9.97 Å². The summed E-state index contributed by atoms with van der Waals surface area (Å²) in [5, 5.41) is 5.23. The topological polar surface area (TPSA) is 94.9 Å².